The molecule has 0 saturated carbocycles. The second kappa shape index (κ2) is 8.85. The van der Waals surface area contributed by atoms with Crippen LogP contribution in [-0.2, 0) is 4.79 Å². The lowest BCUT2D eigenvalue weighted by molar-refractivity contribution is -0.386. The van der Waals surface area contributed by atoms with Crippen LogP contribution in [0.15, 0.2) is 69.1 Å². The first-order valence-corrected chi connectivity index (χ1v) is 9.83. The van der Waals surface area contributed by atoms with Crippen LogP contribution in [0.1, 0.15) is 5.56 Å². The number of fused-ring (bicyclic) bond motifs is 1. The van der Waals surface area contributed by atoms with Gasteiger partial charge in [0.05, 0.1) is 21.4 Å². The largest absolute Gasteiger partial charge is 0.501 e. The summed E-state index contributed by atoms with van der Waals surface area (Å²) in [6.07, 6.45) is 1.28. The van der Waals surface area contributed by atoms with E-state index in [0.717, 1.165) is 15.7 Å². The average molecular weight is 460 g/mol. The zero-order valence-electron chi connectivity index (χ0n) is 14.3. The number of aromatic hydroxyl groups is 1. The van der Waals surface area contributed by atoms with Crippen LogP contribution in [0.4, 0.5) is 5.69 Å². The number of carbonyl (C=O) groups excluding carboxylic acids is 1. The molecule has 0 spiro atoms. The Kier molecular flexibility index (Phi) is 6.27. The van der Waals surface area contributed by atoms with Crippen molar-refractivity contribution in [3.05, 3.63) is 74.7 Å². The van der Waals surface area contributed by atoms with E-state index in [1.165, 1.54) is 30.1 Å². The lowest BCUT2D eigenvalue weighted by Gasteiger charge is -2.05. The summed E-state index contributed by atoms with van der Waals surface area (Å²) in [6, 6.07) is 16.5. The van der Waals surface area contributed by atoms with Crippen molar-refractivity contribution in [3.63, 3.8) is 0 Å². The summed E-state index contributed by atoms with van der Waals surface area (Å²) >= 11 is 4.45. The molecule has 3 rings (SSSR count). The standard InChI is InChI=1S/C19H14BrN3O4S/c20-15-8-12(9-16(19(15)25)23(26)27)10-21-22-18(24)11-28-17-7-3-5-13-4-1-2-6-14(13)17/h1-10,25H,11H2,(H,22,24)/b21-10-. The number of phenols is 1. The topological polar surface area (TPSA) is 105 Å². The van der Waals surface area contributed by atoms with Gasteiger partial charge in [-0.1, -0.05) is 36.4 Å². The molecular weight excluding hydrogens is 446 g/mol. The molecule has 0 heterocycles. The number of hydrazone groups is 1. The molecule has 0 aliphatic heterocycles. The van der Waals surface area contributed by atoms with Gasteiger partial charge in [0, 0.05) is 16.5 Å². The van der Waals surface area contributed by atoms with E-state index in [9.17, 15) is 20.0 Å². The maximum Gasteiger partial charge on any atom is 0.312 e. The number of carbonyl (C=O) groups is 1. The molecule has 7 nitrogen and oxygen atoms in total. The normalized spacial score (nSPS) is 11.0. The number of phenolic OH excluding ortho intramolecular Hbond substituents is 1. The van der Waals surface area contributed by atoms with Crippen LogP contribution >= 0.6 is 27.7 Å². The third-order valence-corrected chi connectivity index (χ3v) is 5.45. The van der Waals surface area contributed by atoms with E-state index in [2.05, 4.69) is 26.5 Å². The monoisotopic (exact) mass is 459 g/mol. The molecule has 2 N–H and O–H groups in total. The number of amides is 1. The summed E-state index contributed by atoms with van der Waals surface area (Å²) < 4.78 is 0.168. The summed E-state index contributed by atoms with van der Waals surface area (Å²) in [5.41, 5.74) is 2.30. The highest BCUT2D eigenvalue weighted by molar-refractivity contribution is 9.10. The van der Waals surface area contributed by atoms with Crippen molar-refractivity contribution >= 4 is 56.3 Å². The van der Waals surface area contributed by atoms with E-state index in [0.29, 0.717) is 5.56 Å². The molecule has 0 atom stereocenters. The van der Waals surface area contributed by atoms with Crippen molar-refractivity contribution in [1.29, 1.82) is 0 Å². The maximum atomic E-state index is 12.0. The minimum absolute atomic E-state index is 0.168. The molecule has 0 fully saturated rings. The number of benzene rings is 3. The molecule has 0 aliphatic carbocycles. The predicted molar refractivity (Wildman–Crippen MR) is 113 cm³/mol. The SMILES string of the molecule is O=C(CSc1cccc2ccccc12)N/N=C\c1cc(Br)c(O)c([N+](=O)[O-])c1. The highest BCUT2D eigenvalue weighted by atomic mass is 79.9. The Labute approximate surface area is 172 Å². The van der Waals surface area contributed by atoms with Gasteiger partial charge in [-0.2, -0.15) is 5.10 Å². The van der Waals surface area contributed by atoms with Gasteiger partial charge in [-0.15, -0.1) is 11.8 Å². The third kappa shape index (κ3) is 4.68. The second-order valence-electron chi connectivity index (χ2n) is 5.69. The number of nitrogens with zero attached hydrogens (tertiary/aromatic N) is 2. The number of nitro benzene ring substituents is 1. The van der Waals surface area contributed by atoms with Crippen molar-refractivity contribution in [2.45, 2.75) is 4.90 Å². The summed E-state index contributed by atoms with van der Waals surface area (Å²) in [5.74, 6) is -0.593. The highest BCUT2D eigenvalue weighted by Gasteiger charge is 2.17. The zero-order valence-corrected chi connectivity index (χ0v) is 16.7. The lowest BCUT2D eigenvalue weighted by Crippen LogP contribution is -2.19. The van der Waals surface area contributed by atoms with Crippen LogP contribution < -0.4 is 5.43 Å². The average Bonchev–Trinajstić information content (AvgIpc) is 2.68. The fourth-order valence-electron chi connectivity index (χ4n) is 2.49. The van der Waals surface area contributed by atoms with Gasteiger partial charge < -0.3 is 5.11 Å². The van der Waals surface area contributed by atoms with Crippen LogP contribution in [0.3, 0.4) is 0 Å². The minimum Gasteiger partial charge on any atom is -0.501 e. The number of hydrogen-bond donors (Lipinski definition) is 2. The number of halogens is 1. The number of hydrogen-bond acceptors (Lipinski definition) is 6. The molecule has 0 bridgehead atoms. The Bertz CT molecular complexity index is 1080. The third-order valence-electron chi connectivity index (χ3n) is 3.77. The van der Waals surface area contributed by atoms with Crippen LogP contribution in [0.5, 0.6) is 5.75 Å². The molecule has 0 unspecified atom stereocenters. The van der Waals surface area contributed by atoms with Gasteiger partial charge in [0.1, 0.15) is 0 Å². The van der Waals surface area contributed by atoms with Crippen LogP contribution in [0, 0.1) is 10.1 Å². The van der Waals surface area contributed by atoms with Gasteiger partial charge in [-0.05, 0) is 38.8 Å². The number of nitrogens with one attached hydrogen (secondary N) is 1. The highest BCUT2D eigenvalue weighted by Crippen LogP contribution is 2.34. The van der Waals surface area contributed by atoms with Crippen molar-refractivity contribution in [2.24, 2.45) is 5.10 Å². The molecule has 1 amide bonds. The molecule has 9 heteroatoms. The molecule has 0 aliphatic rings. The number of thioether (sulfide) groups is 1. The Morgan fingerprint density at radius 2 is 2.00 bits per heavy atom. The van der Waals surface area contributed by atoms with Crippen molar-refractivity contribution in [3.8, 4) is 5.75 Å². The van der Waals surface area contributed by atoms with Crippen LogP contribution in [-0.4, -0.2) is 27.9 Å². The fraction of sp³-hybridized carbons (Fsp3) is 0.0526. The molecular formula is C19H14BrN3O4S. The van der Waals surface area contributed by atoms with Gasteiger partial charge in [-0.3, -0.25) is 14.9 Å². The van der Waals surface area contributed by atoms with Gasteiger partial charge >= 0.3 is 5.69 Å². The summed E-state index contributed by atoms with van der Waals surface area (Å²) in [7, 11) is 0. The van der Waals surface area contributed by atoms with Crippen molar-refractivity contribution < 1.29 is 14.8 Å². The Morgan fingerprint density at radius 1 is 1.25 bits per heavy atom. The van der Waals surface area contributed by atoms with E-state index < -0.39 is 16.4 Å². The molecule has 0 aromatic heterocycles. The molecule has 0 saturated heterocycles. The zero-order chi connectivity index (χ0) is 20.1. The minimum atomic E-state index is -0.698. The molecule has 3 aromatic carbocycles. The van der Waals surface area contributed by atoms with E-state index in [1.807, 2.05) is 42.5 Å². The number of rotatable bonds is 6. The first kappa shape index (κ1) is 19.8. The first-order valence-electron chi connectivity index (χ1n) is 8.05. The molecule has 3 aromatic rings. The second-order valence-corrected chi connectivity index (χ2v) is 7.56. The fourth-order valence-corrected chi connectivity index (χ4v) is 3.83. The van der Waals surface area contributed by atoms with Crippen molar-refractivity contribution in [1.82, 2.24) is 5.43 Å². The smallest absolute Gasteiger partial charge is 0.312 e. The maximum absolute atomic E-state index is 12.0. The van der Waals surface area contributed by atoms with Gasteiger partial charge in [-0.25, -0.2) is 5.43 Å². The van der Waals surface area contributed by atoms with Crippen molar-refractivity contribution in [2.75, 3.05) is 5.75 Å². The molecule has 0 radical (unpaired) electrons. The Hall–Kier alpha value is -2.91. The first-order chi connectivity index (χ1) is 13.5. The Balaban J connectivity index is 1.62. The predicted octanol–water partition coefficient (Wildman–Crippen LogP) is 4.46. The Morgan fingerprint density at radius 3 is 2.79 bits per heavy atom. The van der Waals surface area contributed by atoms with Crippen LogP contribution in [0.25, 0.3) is 10.8 Å². The van der Waals surface area contributed by atoms with Gasteiger partial charge in [0.25, 0.3) is 0 Å². The van der Waals surface area contributed by atoms with E-state index in [1.54, 1.807) is 0 Å². The lowest BCUT2D eigenvalue weighted by atomic mass is 10.1. The van der Waals surface area contributed by atoms with E-state index in [4.69, 9.17) is 0 Å². The number of nitro groups is 1. The summed E-state index contributed by atoms with van der Waals surface area (Å²) in [4.78, 5) is 23.3. The van der Waals surface area contributed by atoms with E-state index >= 15 is 0 Å². The summed E-state index contributed by atoms with van der Waals surface area (Å²) in [5, 5.41) is 26.6. The van der Waals surface area contributed by atoms with Gasteiger partial charge in [0.2, 0.25) is 11.7 Å². The molecule has 142 valence electrons. The van der Waals surface area contributed by atoms with E-state index in [-0.39, 0.29) is 16.1 Å². The summed E-state index contributed by atoms with van der Waals surface area (Å²) in [6.45, 7) is 0. The molecule has 28 heavy (non-hydrogen) atoms. The van der Waals surface area contributed by atoms with Crippen LogP contribution in [0.2, 0.25) is 0 Å². The van der Waals surface area contributed by atoms with Gasteiger partial charge in [0.15, 0.2) is 0 Å². The quantitative estimate of drug-likeness (QED) is 0.245.